The molecule has 2 aliphatic heterocycles. The molecule has 6 heteroatoms. The second-order valence-corrected chi connectivity index (χ2v) is 10.0. The van der Waals surface area contributed by atoms with Crippen molar-refractivity contribution in [2.24, 2.45) is 10.8 Å². The molecule has 6 nitrogen and oxygen atoms in total. The Labute approximate surface area is 177 Å². The van der Waals surface area contributed by atoms with Crippen LogP contribution < -0.4 is 10.4 Å². The van der Waals surface area contributed by atoms with Crippen molar-refractivity contribution in [3.63, 3.8) is 0 Å². The molecule has 0 spiro atoms. The van der Waals surface area contributed by atoms with Gasteiger partial charge in [0.15, 0.2) is 6.10 Å². The molecule has 2 aliphatic rings. The molecule has 0 aliphatic carbocycles. The fourth-order valence-electron chi connectivity index (χ4n) is 5.93. The van der Waals surface area contributed by atoms with Crippen molar-refractivity contribution in [3.05, 3.63) is 40.2 Å². The molecule has 2 aromatic rings. The Balaban J connectivity index is 1.52. The zero-order valence-electron chi connectivity index (χ0n) is 18.7. The first-order valence-corrected chi connectivity index (χ1v) is 10.8. The van der Waals surface area contributed by atoms with Crippen LogP contribution in [0.2, 0.25) is 0 Å². The van der Waals surface area contributed by atoms with Gasteiger partial charge in [-0.25, -0.2) is 4.79 Å². The lowest BCUT2D eigenvalue weighted by molar-refractivity contribution is -0.150. The van der Waals surface area contributed by atoms with Gasteiger partial charge in [-0.15, -0.1) is 0 Å². The SMILES string of the molecule is CCc1cc(=O)oc2cc(OC(C)C(=O)N3CC4(C)CN(C)CC(C)(C3)C4)ccc12. The Morgan fingerprint density at radius 2 is 1.83 bits per heavy atom. The fraction of sp³-hybridized carbons (Fsp3) is 0.583. The number of aryl methyl sites for hydroxylation is 1. The molecule has 30 heavy (non-hydrogen) atoms. The van der Waals surface area contributed by atoms with Crippen LogP contribution in [0, 0.1) is 10.8 Å². The van der Waals surface area contributed by atoms with Crippen LogP contribution >= 0.6 is 0 Å². The normalized spacial score (nSPS) is 27.8. The molecule has 0 radical (unpaired) electrons. The van der Waals surface area contributed by atoms with Crippen molar-refractivity contribution in [1.82, 2.24) is 9.80 Å². The predicted octanol–water partition coefficient (Wildman–Crippen LogP) is 3.31. The average Bonchev–Trinajstić information content (AvgIpc) is 2.63. The van der Waals surface area contributed by atoms with E-state index in [1.54, 1.807) is 13.0 Å². The summed E-state index contributed by atoms with van der Waals surface area (Å²) in [7, 11) is 2.17. The third-order valence-electron chi connectivity index (χ3n) is 6.46. The highest BCUT2D eigenvalue weighted by Crippen LogP contribution is 2.45. The highest BCUT2D eigenvalue weighted by Gasteiger charge is 2.49. The van der Waals surface area contributed by atoms with Crippen molar-refractivity contribution < 1.29 is 13.9 Å². The molecule has 4 rings (SSSR count). The van der Waals surface area contributed by atoms with Crippen molar-refractivity contribution in [2.45, 2.75) is 46.6 Å². The van der Waals surface area contributed by atoms with Gasteiger partial charge in [0, 0.05) is 43.7 Å². The monoisotopic (exact) mass is 412 g/mol. The molecule has 1 aromatic carbocycles. The number of benzene rings is 1. The maximum atomic E-state index is 13.2. The van der Waals surface area contributed by atoms with E-state index in [0.29, 0.717) is 11.3 Å². The molecule has 0 N–H and O–H groups in total. The highest BCUT2D eigenvalue weighted by molar-refractivity contribution is 5.83. The third-order valence-corrected chi connectivity index (χ3v) is 6.46. The third kappa shape index (κ3) is 3.97. The molecule has 0 saturated carbocycles. The van der Waals surface area contributed by atoms with E-state index in [1.165, 1.54) is 6.07 Å². The van der Waals surface area contributed by atoms with Crippen molar-refractivity contribution >= 4 is 16.9 Å². The molecule has 1 aromatic heterocycles. The Morgan fingerprint density at radius 1 is 1.17 bits per heavy atom. The van der Waals surface area contributed by atoms with Gasteiger partial charge in [-0.2, -0.15) is 0 Å². The summed E-state index contributed by atoms with van der Waals surface area (Å²) in [6, 6.07) is 6.98. The summed E-state index contributed by atoms with van der Waals surface area (Å²) in [4.78, 5) is 29.4. The van der Waals surface area contributed by atoms with E-state index < -0.39 is 6.10 Å². The molecule has 162 valence electrons. The van der Waals surface area contributed by atoms with Crippen LogP contribution in [-0.2, 0) is 11.2 Å². The van der Waals surface area contributed by atoms with Gasteiger partial charge in [0.05, 0.1) is 0 Å². The first-order valence-electron chi connectivity index (χ1n) is 10.8. The number of hydrogen-bond acceptors (Lipinski definition) is 5. The minimum atomic E-state index is -0.604. The van der Waals surface area contributed by atoms with E-state index in [4.69, 9.17) is 9.15 Å². The summed E-state index contributed by atoms with van der Waals surface area (Å²) in [5, 5.41) is 0.900. The van der Waals surface area contributed by atoms with Gasteiger partial charge in [0.1, 0.15) is 11.3 Å². The van der Waals surface area contributed by atoms with Crippen LogP contribution in [0.25, 0.3) is 11.0 Å². The van der Waals surface area contributed by atoms with Crippen LogP contribution in [0.3, 0.4) is 0 Å². The van der Waals surface area contributed by atoms with Crippen molar-refractivity contribution in [3.8, 4) is 5.75 Å². The van der Waals surface area contributed by atoms with Crippen molar-refractivity contribution in [2.75, 3.05) is 33.2 Å². The number of carbonyl (C=O) groups excluding carboxylic acids is 1. The largest absolute Gasteiger partial charge is 0.481 e. The summed E-state index contributed by atoms with van der Waals surface area (Å²) in [5.41, 5.74) is 1.29. The fourth-order valence-corrected chi connectivity index (χ4v) is 5.93. The van der Waals surface area contributed by atoms with Gasteiger partial charge < -0.3 is 19.0 Å². The zero-order valence-corrected chi connectivity index (χ0v) is 18.7. The first kappa shape index (κ1) is 20.9. The van der Waals surface area contributed by atoms with Gasteiger partial charge in [-0.3, -0.25) is 4.79 Å². The number of nitrogens with zero attached hydrogens (tertiary/aromatic N) is 2. The number of hydrogen-bond donors (Lipinski definition) is 0. The standard InChI is InChI=1S/C24H32N2O4/c1-6-17-9-21(27)30-20-10-18(7-8-19(17)20)29-16(2)22(28)26-14-23(3)11-24(4,15-26)13-25(5)12-23/h7-10,16H,6,11-15H2,1-5H3. The molecule has 1 amide bonds. The topological polar surface area (TPSA) is 63.0 Å². The van der Waals surface area contributed by atoms with Gasteiger partial charge in [0.2, 0.25) is 0 Å². The minimum Gasteiger partial charge on any atom is -0.481 e. The lowest BCUT2D eigenvalue weighted by atomic mass is 9.65. The van der Waals surface area contributed by atoms with Crippen LogP contribution in [0.1, 0.15) is 39.7 Å². The lowest BCUT2D eigenvalue weighted by Gasteiger charge is -2.56. The minimum absolute atomic E-state index is 0.0144. The van der Waals surface area contributed by atoms with Crippen LogP contribution in [-0.4, -0.2) is 55.0 Å². The maximum Gasteiger partial charge on any atom is 0.336 e. The van der Waals surface area contributed by atoms with E-state index in [9.17, 15) is 9.59 Å². The molecular weight excluding hydrogens is 380 g/mol. The van der Waals surface area contributed by atoms with Crippen LogP contribution in [0.5, 0.6) is 5.75 Å². The second-order valence-electron chi connectivity index (χ2n) is 10.0. The maximum absolute atomic E-state index is 13.2. The van der Waals surface area contributed by atoms with E-state index in [1.807, 2.05) is 24.0 Å². The summed E-state index contributed by atoms with van der Waals surface area (Å²) in [6.07, 6.45) is 1.29. The van der Waals surface area contributed by atoms with Gasteiger partial charge in [0.25, 0.3) is 5.91 Å². The number of rotatable bonds is 4. The number of carbonyl (C=O) groups is 1. The number of amides is 1. The summed E-state index contributed by atoms with van der Waals surface area (Å²) >= 11 is 0. The second kappa shape index (κ2) is 7.41. The molecule has 2 bridgehead atoms. The Morgan fingerprint density at radius 3 is 2.47 bits per heavy atom. The molecule has 2 saturated heterocycles. The Kier molecular flexibility index (Phi) is 5.17. The molecule has 3 atom stereocenters. The molecule has 2 fully saturated rings. The number of piperidine rings is 2. The van der Waals surface area contributed by atoms with E-state index >= 15 is 0 Å². The predicted molar refractivity (Wildman–Crippen MR) is 117 cm³/mol. The van der Waals surface area contributed by atoms with E-state index in [0.717, 1.165) is 50.0 Å². The van der Waals surface area contributed by atoms with E-state index in [-0.39, 0.29) is 22.4 Å². The number of likely N-dealkylation sites (tertiary alicyclic amines) is 2. The summed E-state index contributed by atoms with van der Waals surface area (Å²) in [5.74, 6) is 0.551. The van der Waals surface area contributed by atoms with Crippen LogP contribution in [0.15, 0.2) is 33.5 Å². The van der Waals surface area contributed by atoms with Crippen molar-refractivity contribution in [1.29, 1.82) is 0 Å². The number of fused-ring (bicyclic) bond motifs is 3. The van der Waals surface area contributed by atoms with Gasteiger partial charge in [-0.05, 0) is 55.3 Å². The lowest BCUT2D eigenvalue weighted by Crippen LogP contribution is -2.63. The Hall–Kier alpha value is -2.34. The van der Waals surface area contributed by atoms with Gasteiger partial charge >= 0.3 is 5.63 Å². The highest BCUT2D eigenvalue weighted by atomic mass is 16.5. The van der Waals surface area contributed by atoms with E-state index in [2.05, 4.69) is 25.8 Å². The Bertz CT molecular complexity index is 1010. The smallest absolute Gasteiger partial charge is 0.336 e. The molecule has 3 heterocycles. The first-order chi connectivity index (χ1) is 14.1. The summed E-state index contributed by atoms with van der Waals surface area (Å²) in [6.45, 7) is 11.9. The summed E-state index contributed by atoms with van der Waals surface area (Å²) < 4.78 is 11.4. The number of ether oxygens (including phenoxy) is 1. The quantitative estimate of drug-likeness (QED) is 0.721. The average molecular weight is 413 g/mol. The molecule has 3 unspecified atom stereocenters. The van der Waals surface area contributed by atoms with Gasteiger partial charge in [-0.1, -0.05) is 20.8 Å². The zero-order chi connectivity index (χ0) is 21.7. The molecular formula is C24H32N2O4. The van der Waals surface area contributed by atoms with Crippen LogP contribution in [0.4, 0.5) is 0 Å².